The number of allylic oxidation sites excluding steroid dienone is 1. The monoisotopic (exact) mass is 562 g/mol. The molecule has 4 aromatic rings. The van der Waals surface area contributed by atoms with Crippen LogP contribution in [-0.4, -0.2) is 27.1 Å². The summed E-state index contributed by atoms with van der Waals surface area (Å²) in [6.07, 6.45) is 1.07. The van der Waals surface area contributed by atoms with Gasteiger partial charge in [-0.3, -0.25) is 4.79 Å². The molecule has 0 saturated heterocycles. The second-order valence-corrected chi connectivity index (χ2v) is 10.5. The minimum atomic E-state index is -0.368. The standard InChI is InChI=1S/C35H34N2O5/c1-39-30-15-13-23(19-32(30)40-2)25-17-28-34(29(38)18-25)35(37-27-12-8-7-11-26(27)36-28)24-14-16-31(33(20-24)41-3)42-21-22-9-5-4-6-10-22/h4-16,19-20,25,35-37H,17-18,21H2,1-3H3/t25-,35-/m1/s1. The number of carbonyl (C=O) groups excluding carboxylic acids is 1. The molecular weight excluding hydrogens is 528 g/mol. The maximum absolute atomic E-state index is 14.0. The Morgan fingerprint density at radius 1 is 0.690 bits per heavy atom. The Morgan fingerprint density at radius 3 is 2.10 bits per heavy atom. The summed E-state index contributed by atoms with van der Waals surface area (Å²) < 4.78 is 22.8. The van der Waals surface area contributed by atoms with Gasteiger partial charge in [0.2, 0.25) is 0 Å². The third-order valence-corrected chi connectivity index (χ3v) is 7.95. The number of methoxy groups -OCH3 is 3. The fourth-order valence-electron chi connectivity index (χ4n) is 5.80. The van der Waals surface area contributed by atoms with Crippen LogP contribution in [0.2, 0.25) is 0 Å². The molecule has 1 heterocycles. The summed E-state index contributed by atoms with van der Waals surface area (Å²) in [5.41, 5.74) is 6.54. The smallest absolute Gasteiger partial charge is 0.163 e. The first-order valence-corrected chi connectivity index (χ1v) is 14.0. The average molecular weight is 563 g/mol. The van der Waals surface area contributed by atoms with E-state index < -0.39 is 0 Å². The van der Waals surface area contributed by atoms with E-state index in [9.17, 15) is 4.79 Å². The minimum absolute atomic E-state index is 0.00207. The van der Waals surface area contributed by atoms with Gasteiger partial charge in [0.1, 0.15) is 6.61 Å². The Kier molecular flexibility index (Phi) is 7.73. The van der Waals surface area contributed by atoms with Crippen molar-refractivity contribution in [3.8, 4) is 23.0 Å². The molecule has 1 aliphatic carbocycles. The summed E-state index contributed by atoms with van der Waals surface area (Å²) in [6, 6.07) is 29.5. The molecule has 7 nitrogen and oxygen atoms in total. The summed E-state index contributed by atoms with van der Waals surface area (Å²) >= 11 is 0. The van der Waals surface area contributed by atoms with Crippen LogP contribution in [0.15, 0.2) is 102 Å². The molecule has 2 N–H and O–H groups in total. The molecule has 6 rings (SSSR count). The molecule has 1 aliphatic heterocycles. The first kappa shape index (κ1) is 27.3. The number of anilines is 2. The van der Waals surface area contributed by atoms with Crippen LogP contribution >= 0.6 is 0 Å². The number of rotatable bonds is 8. The van der Waals surface area contributed by atoms with Crippen molar-refractivity contribution in [3.63, 3.8) is 0 Å². The molecule has 0 amide bonds. The molecule has 0 bridgehead atoms. The number of carbonyl (C=O) groups is 1. The largest absolute Gasteiger partial charge is 0.493 e. The number of fused-ring (bicyclic) bond motifs is 1. The van der Waals surface area contributed by atoms with Crippen LogP contribution in [0.5, 0.6) is 23.0 Å². The van der Waals surface area contributed by atoms with E-state index in [1.165, 1.54) is 0 Å². The van der Waals surface area contributed by atoms with E-state index in [1.807, 2.05) is 91.0 Å². The summed E-state index contributed by atoms with van der Waals surface area (Å²) in [6.45, 7) is 0.431. The molecule has 42 heavy (non-hydrogen) atoms. The van der Waals surface area contributed by atoms with Gasteiger partial charge >= 0.3 is 0 Å². The highest BCUT2D eigenvalue weighted by Crippen LogP contribution is 2.46. The number of Topliss-reactive ketones (excluding diaryl/α,β-unsaturated/α-hetero) is 1. The van der Waals surface area contributed by atoms with E-state index in [2.05, 4.69) is 10.6 Å². The quantitative estimate of drug-likeness (QED) is 0.234. The van der Waals surface area contributed by atoms with Gasteiger partial charge in [0, 0.05) is 17.7 Å². The molecule has 0 aromatic heterocycles. The third-order valence-electron chi connectivity index (χ3n) is 7.95. The molecule has 2 atom stereocenters. The number of hydrogen-bond acceptors (Lipinski definition) is 7. The van der Waals surface area contributed by atoms with E-state index in [1.54, 1.807) is 21.3 Å². The van der Waals surface area contributed by atoms with E-state index in [4.69, 9.17) is 18.9 Å². The van der Waals surface area contributed by atoms with Crippen LogP contribution in [0, 0.1) is 0 Å². The highest BCUT2D eigenvalue weighted by molar-refractivity contribution is 6.01. The molecule has 2 aliphatic rings. The molecule has 0 radical (unpaired) electrons. The SMILES string of the molecule is COc1ccc([C@H]2CC(=O)C3=C(C2)Nc2ccccc2N[C@@H]3c2ccc(OCc3ccccc3)c(OC)c2)cc1OC. The summed E-state index contributed by atoms with van der Waals surface area (Å²) in [5.74, 6) is 2.68. The first-order chi connectivity index (χ1) is 20.6. The zero-order valence-corrected chi connectivity index (χ0v) is 24.0. The van der Waals surface area contributed by atoms with Crippen LogP contribution in [0.4, 0.5) is 11.4 Å². The number of hydrogen-bond donors (Lipinski definition) is 2. The summed E-state index contributed by atoms with van der Waals surface area (Å²) in [4.78, 5) is 14.0. The van der Waals surface area contributed by atoms with Gasteiger partial charge in [0.25, 0.3) is 0 Å². The van der Waals surface area contributed by atoms with Crippen LogP contribution in [0.1, 0.15) is 41.5 Å². The fraction of sp³-hybridized carbons (Fsp3) is 0.229. The second-order valence-electron chi connectivity index (χ2n) is 10.5. The van der Waals surface area contributed by atoms with Gasteiger partial charge in [-0.25, -0.2) is 0 Å². The van der Waals surface area contributed by atoms with Crippen molar-refractivity contribution in [1.82, 2.24) is 0 Å². The summed E-state index contributed by atoms with van der Waals surface area (Å²) in [5, 5.41) is 7.25. The maximum atomic E-state index is 14.0. The van der Waals surface area contributed by atoms with Crippen molar-refractivity contribution in [1.29, 1.82) is 0 Å². The van der Waals surface area contributed by atoms with E-state index in [-0.39, 0.29) is 17.7 Å². The van der Waals surface area contributed by atoms with Crippen molar-refractivity contribution in [3.05, 3.63) is 119 Å². The lowest BCUT2D eigenvalue weighted by atomic mass is 9.78. The lowest BCUT2D eigenvalue weighted by molar-refractivity contribution is -0.116. The van der Waals surface area contributed by atoms with Gasteiger partial charge in [0.05, 0.1) is 38.7 Å². The second kappa shape index (κ2) is 11.9. The Hall–Kier alpha value is -4.91. The predicted molar refractivity (Wildman–Crippen MR) is 164 cm³/mol. The molecule has 0 unspecified atom stereocenters. The number of para-hydroxylation sites is 2. The number of ether oxygens (including phenoxy) is 4. The lowest BCUT2D eigenvalue weighted by Gasteiger charge is -2.30. The van der Waals surface area contributed by atoms with E-state index in [0.717, 1.165) is 39.3 Å². The lowest BCUT2D eigenvalue weighted by Crippen LogP contribution is -2.27. The van der Waals surface area contributed by atoms with Crippen LogP contribution in [0.25, 0.3) is 0 Å². The van der Waals surface area contributed by atoms with Crippen LogP contribution in [-0.2, 0) is 11.4 Å². The Balaban J connectivity index is 1.36. The van der Waals surface area contributed by atoms with E-state index >= 15 is 0 Å². The van der Waals surface area contributed by atoms with E-state index in [0.29, 0.717) is 42.4 Å². The number of nitrogens with one attached hydrogen (secondary N) is 2. The van der Waals surface area contributed by atoms with Gasteiger partial charge < -0.3 is 29.6 Å². The third kappa shape index (κ3) is 5.38. The number of benzene rings is 4. The highest BCUT2D eigenvalue weighted by Gasteiger charge is 2.36. The Labute approximate surface area is 246 Å². The van der Waals surface area contributed by atoms with Crippen molar-refractivity contribution < 1.29 is 23.7 Å². The van der Waals surface area contributed by atoms with Gasteiger partial charge in [-0.1, -0.05) is 54.6 Å². The summed E-state index contributed by atoms with van der Waals surface area (Å²) in [7, 11) is 4.88. The zero-order valence-electron chi connectivity index (χ0n) is 24.0. The van der Waals surface area contributed by atoms with Crippen molar-refractivity contribution in [2.24, 2.45) is 0 Å². The molecule has 214 valence electrons. The molecule has 0 fully saturated rings. The predicted octanol–water partition coefficient (Wildman–Crippen LogP) is 7.27. The maximum Gasteiger partial charge on any atom is 0.163 e. The zero-order chi connectivity index (χ0) is 29.1. The van der Waals surface area contributed by atoms with Gasteiger partial charge in [0.15, 0.2) is 28.8 Å². The topological polar surface area (TPSA) is 78.1 Å². The Morgan fingerprint density at radius 2 is 1.33 bits per heavy atom. The van der Waals surface area contributed by atoms with Crippen molar-refractivity contribution >= 4 is 17.2 Å². The molecule has 7 heteroatoms. The first-order valence-electron chi connectivity index (χ1n) is 14.0. The van der Waals surface area contributed by atoms with Crippen LogP contribution < -0.4 is 29.6 Å². The Bertz CT molecular complexity index is 1630. The molecule has 0 spiro atoms. The van der Waals surface area contributed by atoms with Gasteiger partial charge in [-0.15, -0.1) is 0 Å². The molecular formula is C35H34N2O5. The molecule has 4 aromatic carbocycles. The normalized spacial score (nSPS) is 17.6. The highest BCUT2D eigenvalue weighted by atomic mass is 16.5. The molecule has 0 saturated carbocycles. The number of ketones is 1. The minimum Gasteiger partial charge on any atom is -0.493 e. The van der Waals surface area contributed by atoms with Crippen molar-refractivity contribution in [2.75, 3.05) is 32.0 Å². The van der Waals surface area contributed by atoms with Crippen LogP contribution in [0.3, 0.4) is 0 Å². The van der Waals surface area contributed by atoms with Gasteiger partial charge in [-0.2, -0.15) is 0 Å². The van der Waals surface area contributed by atoms with Crippen molar-refractivity contribution in [2.45, 2.75) is 31.4 Å². The fourth-order valence-corrected chi connectivity index (χ4v) is 5.80. The average Bonchev–Trinajstić information content (AvgIpc) is 3.21. The van der Waals surface area contributed by atoms with Gasteiger partial charge in [-0.05, 0) is 65.4 Å².